The van der Waals surface area contributed by atoms with E-state index in [0.717, 1.165) is 27.8 Å². The van der Waals surface area contributed by atoms with Crippen molar-refractivity contribution in [3.63, 3.8) is 0 Å². The molecule has 122 valence electrons. The molecule has 0 heterocycles. The monoisotopic (exact) mass is 326 g/mol. The molecule has 25 heavy (non-hydrogen) atoms. The van der Waals surface area contributed by atoms with Crippen LogP contribution in [-0.4, -0.2) is 0 Å². The molecule has 0 saturated carbocycles. The van der Waals surface area contributed by atoms with Gasteiger partial charge in [-0.2, -0.15) is 4.39 Å². The highest BCUT2D eigenvalue weighted by molar-refractivity contribution is 5.83. The molecule has 0 atom stereocenters. The van der Waals surface area contributed by atoms with E-state index in [-0.39, 0.29) is 0 Å². The number of halogens is 1. The minimum Gasteiger partial charge on any atom is -0.196 e. The van der Waals surface area contributed by atoms with Gasteiger partial charge in [0.1, 0.15) is 0 Å². The lowest BCUT2D eigenvalue weighted by Crippen LogP contribution is -1.92. The van der Waals surface area contributed by atoms with Crippen molar-refractivity contribution >= 4 is 5.57 Å². The van der Waals surface area contributed by atoms with E-state index in [1.54, 1.807) is 0 Å². The van der Waals surface area contributed by atoms with E-state index >= 15 is 4.39 Å². The van der Waals surface area contributed by atoms with E-state index < -0.39 is 5.83 Å². The average Bonchev–Trinajstić information content (AvgIpc) is 2.64. The van der Waals surface area contributed by atoms with Gasteiger partial charge in [0.2, 0.25) is 0 Å². The van der Waals surface area contributed by atoms with E-state index in [9.17, 15) is 0 Å². The molecule has 0 spiro atoms. The van der Waals surface area contributed by atoms with Gasteiger partial charge >= 0.3 is 0 Å². The SMILES string of the molecule is Cc1ccc(C(=C(F)C#Cc2ccccc2)c2ccc(C)cc2)cc1. The molecule has 0 unspecified atom stereocenters. The molecule has 3 aromatic carbocycles. The Balaban J connectivity index is 2.11. The Morgan fingerprint density at radius 2 is 1.16 bits per heavy atom. The van der Waals surface area contributed by atoms with Gasteiger partial charge in [0.25, 0.3) is 0 Å². The first-order valence-corrected chi connectivity index (χ1v) is 8.24. The van der Waals surface area contributed by atoms with E-state index in [1.165, 1.54) is 0 Å². The van der Waals surface area contributed by atoms with Gasteiger partial charge in [-0.3, -0.25) is 0 Å². The van der Waals surface area contributed by atoms with Crippen LogP contribution in [0.1, 0.15) is 27.8 Å². The number of benzene rings is 3. The molecule has 0 nitrogen and oxygen atoms in total. The number of allylic oxidation sites excluding steroid dienone is 1. The number of rotatable bonds is 2. The highest BCUT2D eigenvalue weighted by Crippen LogP contribution is 2.28. The van der Waals surface area contributed by atoms with Gasteiger partial charge in [-0.15, -0.1) is 0 Å². The lowest BCUT2D eigenvalue weighted by Gasteiger charge is -2.09. The summed E-state index contributed by atoms with van der Waals surface area (Å²) in [6, 6.07) is 25.2. The van der Waals surface area contributed by atoms with Crippen LogP contribution in [0.5, 0.6) is 0 Å². The van der Waals surface area contributed by atoms with Gasteiger partial charge in [0, 0.05) is 11.1 Å². The average molecular weight is 326 g/mol. The third-order valence-corrected chi connectivity index (χ3v) is 3.99. The van der Waals surface area contributed by atoms with Gasteiger partial charge in [-0.25, -0.2) is 0 Å². The molecule has 0 aliphatic rings. The van der Waals surface area contributed by atoms with Crippen LogP contribution in [0.25, 0.3) is 5.57 Å². The maximum Gasteiger partial charge on any atom is 0.181 e. The largest absolute Gasteiger partial charge is 0.196 e. The summed E-state index contributed by atoms with van der Waals surface area (Å²) in [7, 11) is 0. The molecule has 0 N–H and O–H groups in total. The minimum atomic E-state index is -0.420. The highest BCUT2D eigenvalue weighted by Gasteiger charge is 2.11. The zero-order valence-electron chi connectivity index (χ0n) is 14.4. The fraction of sp³-hybridized carbons (Fsp3) is 0.0833. The molecule has 0 aromatic heterocycles. The Kier molecular flexibility index (Phi) is 5.11. The standard InChI is InChI=1S/C24H19F/c1-18-8-13-21(14-9-18)24(22-15-10-19(2)11-16-22)23(25)17-12-20-6-4-3-5-7-20/h3-11,13-16H,1-2H3. The van der Waals surface area contributed by atoms with E-state index in [2.05, 4.69) is 11.8 Å². The molecule has 3 rings (SSSR count). The second kappa shape index (κ2) is 7.64. The van der Waals surface area contributed by atoms with Crippen molar-refractivity contribution in [2.24, 2.45) is 0 Å². The van der Waals surface area contributed by atoms with Gasteiger partial charge in [-0.1, -0.05) is 83.8 Å². The van der Waals surface area contributed by atoms with Crippen LogP contribution in [0.2, 0.25) is 0 Å². The summed E-state index contributed by atoms with van der Waals surface area (Å²) in [5.74, 6) is 5.17. The van der Waals surface area contributed by atoms with Crippen molar-refractivity contribution in [2.75, 3.05) is 0 Å². The van der Waals surface area contributed by atoms with Crippen molar-refractivity contribution in [3.05, 3.63) is 113 Å². The molecule has 1 heteroatoms. The Hall–Kier alpha value is -3.11. The Morgan fingerprint density at radius 3 is 1.64 bits per heavy atom. The lowest BCUT2D eigenvalue weighted by molar-refractivity contribution is 0.679. The summed E-state index contributed by atoms with van der Waals surface area (Å²) >= 11 is 0. The summed E-state index contributed by atoms with van der Waals surface area (Å²) in [4.78, 5) is 0. The second-order valence-corrected chi connectivity index (χ2v) is 6.04. The highest BCUT2D eigenvalue weighted by atomic mass is 19.1. The lowest BCUT2D eigenvalue weighted by atomic mass is 9.95. The van der Waals surface area contributed by atoms with Crippen molar-refractivity contribution in [1.82, 2.24) is 0 Å². The number of hydrogen-bond acceptors (Lipinski definition) is 0. The Bertz CT molecular complexity index is 887. The fourth-order valence-corrected chi connectivity index (χ4v) is 2.57. The normalized spacial score (nSPS) is 9.88. The van der Waals surface area contributed by atoms with Crippen molar-refractivity contribution in [3.8, 4) is 11.8 Å². The summed E-state index contributed by atoms with van der Waals surface area (Å²) in [5.41, 5.74) is 5.27. The van der Waals surface area contributed by atoms with Crippen LogP contribution in [0.4, 0.5) is 4.39 Å². The molecule has 0 fully saturated rings. The molecule has 0 bridgehead atoms. The number of aryl methyl sites for hydroxylation is 2. The third-order valence-electron chi connectivity index (χ3n) is 3.99. The predicted octanol–water partition coefficient (Wildman–Crippen LogP) is 6.08. The van der Waals surface area contributed by atoms with E-state index in [4.69, 9.17) is 0 Å². The predicted molar refractivity (Wildman–Crippen MR) is 103 cm³/mol. The van der Waals surface area contributed by atoms with Crippen LogP contribution < -0.4 is 0 Å². The second-order valence-electron chi connectivity index (χ2n) is 6.04. The zero-order valence-corrected chi connectivity index (χ0v) is 14.4. The van der Waals surface area contributed by atoms with Crippen LogP contribution in [-0.2, 0) is 0 Å². The van der Waals surface area contributed by atoms with Crippen molar-refractivity contribution < 1.29 is 4.39 Å². The molecular weight excluding hydrogens is 307 g/mol. The van der Waals surface area contributed by atoms with Gasteiger partial charge in [0.15, 0.2) is 5.83 Å². The third kappa shape index (κ3) is 4.25. The Morgan fingerprint density at radius 1 is 0.680 bits per heavy atom. The maximum absolute atomic E-state index is 15.0. The first-order valence-electron chi connectivity index (χ1n) is 8.24. The molecule has 0 amide bonds. The molecular formula is C24H19F. The molecule has 0 aliphatic carbocycles. The van der Waals surface area contributed by atoms with Crippen LogP contribution >= 0.6 is 0 Å². The molecule has 0 radical (unpaired) electrons. The van der Waals surface area contributed by atoms with Gasteiger partial charge < -0.3 is 0 Å². The quantitative estimate of drug-likeness (QED) is 0.500. The first kappa shape index (κ1) is 16.7. The van der Waals surface area contributed by atoms with Crippen LogP contribution in [0, 0.1) is 25.7 Å². The van der Waals surface area contributed by atoms with E-state index in [0.29, 0.717) is 5.57 Å². The Labute approximate surface area is 148 Å². The van der Waals surface area contributed by atoms with Crippen LogP contribution in [0.3, 0.4) is 0 Å². The van der Waals surface area contributed by atoms with Gasteiger partial charge in [-0.05, 0) is 43.0 Å². The molecule has 0 aliphatic heterocycles. The topological polar surface area (TPSA) is 0 Å². The maximum atomic E-state index is 15.0. The minimum absolute atomic E-state index is 0.420. The van der Waals surface area contributed by atoms with E-state index in [1.807, 2.05) is 92.7 Å². The van der Waals surface area contributed by atoms with Gasteiger partial charge in [0.05, 0.1) is 0 Å². The fourth-order valence-electron chi connectivity index (χ4n) is 2.57. The summed E-state index contributed by atoms with van der Waals surface area (Å²) in [6.07, 6.45) is 0. The summed E-state index contributed by atoms with van der Waals surface area (Å²) in [5, 5.41) is 0. The summed E-state index contributed by atoms with van der Waals surface area (Å²) in [6.45, 7) is 4.04. The first-order chi connectivity index (χ1) is 12.1. The smallest absolute Gasteiger partial charge is 0.181 e. The summed E-state index contributed by atoms with van der Waals surface area (Å²) < 4.78 is 15.0. The zero-order chi connectivity index (χ0) is 17.6. The van der Waals surface area contributed by atoms with Crippen LogP contribution in [0.15, 0.2) is 84.7 Å². The van der Waals surface area contributed by atoms with Crippen molar-refractivity contribution in [1.29, 1.82) is 0 Å². The molecule has 3 aromatic rings. The van der Waals surface area contributed by atoms with Crippen molar-refractivity contribution in [2.45, 2.75) is 13.8 Å². The number of hydrogen-bond donors (Lipinski definition) is 0. The molecule has 0 saturated heterocycles.